The molecule has 1 fully saturated rings. The lowest BCUT2D eigenvalue weighted by molar-refractivity contribution is -0.384. The Balaban J connectivity index is 1.80. The highest BCUT2D eigenvalue weighted by Gasteiger charge is 2.43. The zero-order valence-corrected chi connectivity index (χ0v) is 13.7. The molecule has 0 spiro atoms. The molecular formula is C16H13BrN4O2. The van der Waals surface area contributed by atoms with Crippen molar-refractivity contribution in [3.8, 4) is 0 Å². The van der Waals surface area contributed by atoms with Gasteiger partial charge in [-0.3, -0.25) is 10.1 Å². The predicted molar refractivity (Wildman–Crippen MR) is 89.3 cm³/mol. The van der Waals surface area contributed by atoms with Gasteiger partial charge in [0, 0.05) is 22.8 Å². The number of hydrogen-bond acceptors (Lipinski definition) is 4. The number of aromatic nitrogens is 3. The Morgan fingerprint density at radius 2 is 2.00 bits per heavy atom. The first-order chi connectivity index (χ1) is 11.1. The largest absolute Gasteiger partial charge is 0.340 e. The fourth-order valence-electron chi connectivity index (χ4n) is 3.20. The van der Waals surface area contributed by atoms with Crippen LogP contribution in [0.5, 0.6) is 0 Å². The molecule has 2 heterocycles. The van der Waals surface area contributed by atoms with Gasteiger partial charge in [-0.05, 0) is 40.4 Å². The quantitative estimate of drug-likeness (QED) is 0.553. The minimum Gasteiger partial charge on any atom is -0.340 e. The first kappa shape index (κ1) is 14.3. The summed E-state index contributed by atoms with van der Waals surface area (Å²) < 4.78 is 0.901. The highest BCUT2D eigenvalue weighted by molar-refractivity contribution is 9.10. The molecular weight excluding hydrogens is 360 g/mol. The van der Waals surface area contributed by atoms with Gasteiger partial charge in [-0.1, -0.05) is 18.6 Å². The highest BCUT2D eigenvalue weighted by atomic mass is 79.9. The summed E-state index contributed by atoms with van der Waals surface area (Å²) in [6.45, 7) is 0. The van der Waals surface area contributed by atoms with E-state index in [1.807, 2.05) is 18.2 Å². The number of benzene rings is 1. The lowest BCUT2D eigenvalue weighted by Crippen LogP contribution is -2.36. The fraction of sp³-hybridized carbons (Fsp3) is 0.250. The van der Waals surface area contributed by atoms with Crippen LogP contribution in [0, 0.1) is 10.1 Å². The Bertz CT molecular complexity index is 900. The van der Waals surface area contributed by atoms with Crippen LogP contribution >= 0.6 is 15.9 Å². The number of nitrogens with zero attached hydrogens (tertiary/aromatic N) is 3. The van der Waals surface area contributed by atoms with Gasteiger partial charge in [0.1, 0.15) is 5.82 Å². The summed E-state index contributed by atoms with van der Waals surface area (Å²) in [5.74, 6) is 0.887. The Kier molecular flexibility index (Phi) is 3.19. The molecule has 6 nitrogen and oxygen atoms in total. The summed E-state index contributed by atoms with van der Waals surface area (Å²) in [4.78, 5) is 22.8. The van der Waals surface area contributed by atoms with Crippen LogP contribution < -0.4 is 0 Å². The van der Waals surface area contributed by atoms with Gasteiger partial charge in [0.15, 0.2) is 5.65 Å². The van der Waals surface area contributed by atoms with Gasteiger partial charge in [0.2, 0.25) is 0 Å². The van der Waals surface area contributed by atoms with Crippen molar-refractivity contribution in [1.82, 2.24) is 15.0 Å². The number of nitro groups is 1. The fourth-order valence-corrected chi connectivity index (χ4v) is 3.53. The molecule has 3 aromatic rings. The van der Waals surface area contributed by atoms with Crippen molar-refractivity contribution >= 4 is 32.8 Å². The molecule has 0 bridgehead atoms. The van der Waals surface area contributed by atoms with Gasteiger partial charge in [-0.15, -0.1) is 0 Å². The number of nitro benzene ring substituents is 1. The number of rotatable bonds is 3. The average molecular weight is 373 g/mol. The lowest BCUT2D eigenvalue weighted by atomic mass is 9.64. The maximum Gasteiger partial charge on any atom is 0.269 e. The maximum absolute atomic E-state index is 10.8. The number of fused-ring (bicyclic) bond motifs is 1. The minimum absolute atomic E-state index is 0.110. The molecule has 2 aromatic heterocycles. The molecule has 1 aliphatic carbocycles. The molecule has 1 aromatic carbocycles. The lowest BCUT2D eigenvalue weighted by Gasteiger charge is -2.40. The van der Waals surface area contributed by atoms with Crippen molar-refractivity contribution in [2.75, 3.05) is 0 Å². The van der Waals surface area contributed by atoms with E-state index in [-0.39, 0.29) is 16.0 Å². The Hall–Kier alpha value is -2.28. The number of imidazole rings is 1. The average Bonchev–Trinajstić information content (AvgIpc) is 2.89. The van der Waals surface area contributed by atoms with E-state index in [4.69, 9.17) is 0 Å². The minimum atomic E-state index is -0.375. The Morgan fingerprint density at radius 3 is 2.61 bits per heavy atom. The molecule has 0 atom stereocenters. The molecule has 1 N–H and O–H groups in total. The Morgan fingerprint density at radius 1 is 1.26 bits per heavy atom. The normalized spacial score (nSPS) is 16.2. The van der Waals surface area contributed by atoms with E-state index in [1.54, 1.807) is 18.3 Å². The summed E-state index contributed by atoms with van der Waals surface area (Å²) in [6.07, 6.45) is 4.80. The van der Waals surface area contributed by atoms with E-state index in [9.17, 15) is 10.1 Å². The molecule has 116 valence electrons. The summed E-state index contributed by atoms with van der Waals surface area (Å²) in [5, 5.41) is 10.8. The van der Waals surface area contributed by atoms with Crippen LogP contribution in [-0.4, -0.2) is 19.9 Å². The molecule has 0 amide bonds. The Labute approximate surface area is 140 Å². The van der Waals surface area contributed by atoms with Crippen LogP contribution in [0.2, 0.25) is 0 Å². The van der Waals surface area contributed by atoms with Crippen molar-refractivity contribution in [2.24, 2.45) is 0 Å². The predicted octanol–water partition coefficient (Wildman–Crippen LogP) is 4.10. The van der Waals surface area contributed by atoms with Crippen molar-refractivity contribution in [3.63, 3.8) is 0 Å². The van der Waals surface area contributed by atoms with Crippen LogP contribution in [0.15, 0.2) is 41.0 Å². The number of pyridine rings is 1. The number of nitrogens with one attached hydrogen (secondary N) is 1. The van der Waals surface area contributed by atoms with E-state index in [2.05, 4.69) is 30.9 Å². The SMILES string of the molecule is O=[N+]([O-])c1ccc(C2(c3nc4ncc(Br)cc4[nH]3)CCC2)cc1. The third kappa shape index (κ3) is 2.23. The van der Waals surface area contributed by atoms with E-state index >= 15 is 0 Å². The first-order valence-electron chi connectivity index (χ1n) is 7.35. The van der Waals surface area contributed by atoms with E-state index in [0.29, 0.717) is 5.65 Å². The topological polar surface area (TPSA) is 84.7 Å². The van der Waals surface area contributed by atoms with Crippen LogP contribution in [0.25, 0.3) is 11.2 Å². The van der Waals surface area contributed by atoms with Crippen molar-refractivity contribution < 1.29 is 4.92 Å². The zero-order valence-electron chi connectivity index (χ0n) is 12.1. The second-order valence-corrected chi connectivity index (χ2v) is 6.77. The monoisotopic (exact) mass is 372 g/mol. The second kappa shape index (κ2) is 5.13. The number of aromatic amines is 1. The van der Waals surface area contributed by atoms with E-state index < -0.39 is 0 Å². The summed E-state index contributed by atoms with van der Waals surface area (Å²) in [5.41, 5.74) is 2.56. The van der Waals surface area contributed by atoms with Gasteiger partial charge in [0.05, 0.1) is 15.9 Å². The van der Waals surface area contributed by atoms with Crippen LogP contribution in [0.3, 0.4) is 0 Å². The third-order valence-corrected chi connectivity index (χ3v) is 5.03. The van der Waals surface area contributed by atoms with Crippen molar-refractivity contribution in [1.29, 1.82) is 0 Å². The van der Waals surface area contributed by atoms with Gasteiger partial charge in [0.25, 0.3) is 5.69 Å². The molecule has 0 aliphatic heterocycles. The van der Waals surface area contributed by atoms with Gasteiger partial charge in [-0.25, -0.2) is 9.97 Å². The number of H-pyrrole nitrogens is 1. The van der Waals surface area contributed by atoms with Gasteiger partial charge >= 0.3 is 0 Å². The van der Waals surface area contributed by atoms with Gasteiger partial charge in [-0.2, -0.15) is 0 Å². The second-order valence-electron chi connectivity index (χ2n) is 5.85. The van der Waals surface area contributed by atoms with E-state index in [0.717, 1.165) is 40.6 Å². The molecule has 0 saturated heterocycles. The third-order valence-electron chi connectivity index (χ3n) is 4.60. The number of halogens is 1. The molecule has 0 radical (unpaired) electrons. The highest BCUT2D eigenvalue weighted by Crippen LogP contribution is 2.48. The molecule has 23 heavy (non-hydrogen) atoms. The van der Waals surface area contributed by atoms with Gasteiger partial charge < -0.3 is 4.98 Å². The van der Waals surface area contributed by atoms with Crippen LogP contribution in [0.1, 0.15) is 30.7 Å². The standard InChI is InChI=1S/C16H13BrN4O2/c17-11-8-13-14(18-9-11)20-15(19-13)16(6-1-7-16)10-2-4-12(5-3-10)21(22)23/h2-5,8-9H,1,6-7H2,(H,18,19,20). The zero-order chi connectivity index (χ0) is 16.0. The van der Waals surface area contributed by atoms with Crippen LogP contribution in [-0.2, 0) is 5.41 Å². The smallest absolute Gasteiger partial charge is 0.269 e. The molecule has 1 saturated carbocycles. The summed E-state index contributed by atoms with van der Waals surface area (Å²) >= 11 is 3.42. The number of non-ortho nitro benzene ring substituents is 1. The molecule has 4 rings (SSSR count). The first-order valence-corrected chi connectivity index (χ1v) is 8.14. The van der Waals surface area contributed by atoms with E-state index in [1.165, 1.54) is 0 Å². The molecule has 0 unspecified atom stereocenters. The molecule has 1 aliphatic rings. The molecule has 7 heteroatoms. The van der Waals surface area contributed by atoms with Crippen molar-refractivity contribution in [3.05, 3.63) is 62.5 Å². The maximum atomic E-state index is 10.8. The summed E-state index contributed by atoms with van der Waals surface area (Å²) in [6, 6.07) is 8.77. The van der Waals surface area contributed by atoms with Crippen LogP contribution in [0.4, 0.5) is 5.69 Å². The summed E-state index contributed by atoms with van der Waals surface area (Å²) in [7, 11) is 0. The number of hydrogen-bond donors (Lipinski definition) is 1. The van der Waals surface area contributed by atoms with Crippen molar-refractivity contribution in [2.45, 2.75) is 24.7 Å².